The van der Waals surface area contributed by atoms with Crippen LogP contribution in [0.15, 0.2) is 0 Å². The Bertz CT molecular complexity index is 288. The van der Waals surface area contributed by atoms with Crippen LogP contribution in [0.25, 0.3) is 0 Å². The summed E-state index contributed by atoms with van der Waals surface area (Å²) in [6.07, 6.45) is 1.80. The van der Waals surface area contributed by atoms with Crippen LogP contribution in [0.1, 0.15) is 26.2 Å². The van der Waals surface area contributed by atoms with Gasteiger partial charge in [0.1, 0.15) is 0 Å². The molecule has 2 atom stereocenters. The monoisotopic (exact) mass is 239 g/mol. The number of hydrogen-bond acceptors (Lipinski definition) is 4. The van der Waals surface area contributed by atoms with Crippen molar-refractivity contribution < 1.29 is 9.90 Å². The smallest absolute Gasteiger partial charge is 0.234 e. The Kier molecular flexibility index (Phi) is 5.95. The van der Waals surface area contributed by atoms with Gasteiger partial charge >= 0.3 is 0 Å². The second-order valence-corrected chi connectivity index (χ2v) is 4.52. The minimum absolute atomic E-state index is 0.0357. The van der Waals surface area contributed by atoms with Gasteiger partial charge in [-0.1, -0.05) is 6.92 Å². The Morgan fingerprint density at radius 1 is 1.65 bits per heavy atom. The van der Waals surface area contributed by atoms with Gasteiger partial charge in [-0.15, -0.1) is 0 Å². The zero-order chi connectivity index (χ0) is 12.7. The van der Waals surface area contributed by atoms with Crippen LogP contribution in [0.4, 0.5) is 0 Å². The summed E-state index contributed by atoms with van der Waals surface area (Å²) in [4.78, 5) is 13.6. The van der Waals surface area contributed by atoms with Crippen LogP contribution < -0.4 is 5.32 Å². The summed E-state index contributed by atoms with van der Waals surface area (Å²) in [7, 11) is 0. The number of nitrogens with one attached hydrogen (secondary N) is 1. The molecule has 5 nitrogen and oxygen atoms in total. The molecule has 0 radical (unpaired) electrons. The van der Waals surface area contributed by atoms with Crippen LogP contribution in [0.2, 0.25) is 0 Å². The Balaban J connectivity index is 2.27. The lowest BCUT2D eigenvalue weighted by Gasteiger charge is -2.35. The third-order valence-electron chi connectivity index (χ3n) is 3.23. The molecular weight excluding hydrogens is 218 g/mol. The Morgan fingerprint density at radius 3 is 3.06 bits per heavy atom. The lowest BCUT2D eigenvalue weighted by atomic mass is 9.92. The largest absolute Gasteiger partial charge is 0.393 e. The van der Waals surface area contributed by atoms with E-state index >= 15 is 0 Å². The molecule has 2 unspecified atom stereocenters. The van der Waals surface area contributed by atoms with Crippen molar-refractivity contribution in [1.82, 2.24) is 10.2 Å². The first-order valence-corrected chi connectivity index (χ1v) is 6.21. The van der Waals surface area contributed by atoms with Gasteiger partial charge in [-0.3, -0.25) is 9.69 Å². The molecule has 1 fully saturated rings. The van der Waals surface area contributed by atoms with E-state index in [1.807, 2.05) is 6.07 Å². The molecule has 1 aliphatic rings. The molecule has 1 rings (SSSR count). The highest BCUT2D eigenvalue weighted by Gasteiger charge is 2.27. The molecular formula is C12H21N3O2. The zero-order valence-electron chi connectivity index (χ0n) is 10.4. The topological polar surface area (TPSA) is 76.4 Å². The van der Waals surface area contributed by atoms with Gasteiger partial charge in [0, 0.05) is 19.6 Å². The third-order valence-corrected chi connectivity index (χ3v) is 3.23. The number of carbonyl (C=O) groups excluding carboxylic acids is 1. The number of likely N-dealkylation sites (tertiary alicyclic amines) is 1. The van der Waals surface area contributed by atoms with Crippen molar-refractivity contribution in [1.29, 1.82) is 5.26 Å². The second kappa shape index (κ2) is 7.25. The quantitative estimate of drug-likeness (QED) is 0.668. The fourth-order valence-electron chi connectivity index (χ4n) is 2.16. The lowest BCUT2D eigenvalue weighted by molar-refractivity contribution is -0.123. The van der Waals surface area contributed by atoms with E-state index in [0.717, 1.165) is 25.9 Å². The van der Waals surface area contributed by atoms with Gasteiger partial charge < -0.3 is 10.4 Å². The van der Waals surface area contributed by atoms with Crippen LogP contribution >= 0.6 is 0 Å². The zero-order valence-corrected chi connectivity index (χ0v) is 10.4. The minimum Gasteiger partial charge on any atom is -0.393 e. The average molecular weight is 239 g/mol. The highest BCUT2D eigenvalue weighted by atomic mass is 16.3. The summed E-state index contributed by atoms with van der Waals surface area (Å²) in [6.45, 7) is 4.40. The van der Waals surface area contributed by atoms with Gasteiger partial charge in [-0.05, 0) is 18.8 Å². The third kappa shape index (κ3) is 4.72. The maximum atomic E-state index is 11.5. The van der Waals surface area contributed by atoms with E-state index in [4.69, 9.17) is 5.26 Å². The molecule has 1 aliphatic heterocycles. The molecule has 1 amide bonds. The van der Waals surface area contributed by atoms with E-state index in [1.165, 1.54) is 0 Å². The number of nitrogens with zero attached hydrogens (tertiary/aromatic N) is 2. The normalized spacial score (nSPS) is 25.2. The molecule has 96 valence electrons. The summed E-state index contributed by atoms with van der Waals surface area (Å²) >= 11 is 0. The van der Waals surface area contributed by atoms with Gasteiger partial charge in [0.05, 0.1) is 25.1 Å². The van der Waals surface area contributed by atoms with Crippen molar-refractivity contribution >= 4 is 5.91 Å². The molecule has 17 heavy (non-hydrogen) atoms. The summed E-state index contributed by atoms with van der Waals surface area (Å²) in [5.74, 6) is 0.238. The summed E-state index contributed by atoms with van der Waals surface area (Å²) in [5.41, 5.74) is 0. The van der Waals surface area contributed by atoms with E-state index in [2.05, 4.69) is 17.1 Å². The van der Waals surface area contributed by atoms with E-state index in [1.54, 1.807) is 0 Å². The first-order chi connectivity index (χ1) is 8.17. The van der Waals surface area contributed by atoms with Gasteiger partial charge in [-0.25, -0.2) is 0 Å². The van der Waals surface area contributed by atoms with Gasteiger partial charge in [0.15, 0.2) is 0 Å². The molecule has 0 saturated carbocycles. The highest BCUT2D eigenvalue weighted by Crippen LogP contribution is 2.19. The van der Waals surface area contributed by atoms with Crippen LogP contribution in [0, 0.1) is 17.2 Å². The molecule has 5 heteroatoms. The summed E-state index contributed by atoms with van der Waals surface area (Å²) < 4.78 is 0. The van der Waals surface area contributed by atoms with Crippen molar-refractivity contribution in [3.8, 4) is 6.07 Å². The van der Waals surface area contributed by atoms with Gasteiger partial charge in [0.25, 0.3) is 0 Å². The maximum Gasteiger partial charge on any atom is 0.234 e. The number of aliphatic hydroxyl groups excluding tert-OH is 1. The SMILES string of the molecule is CCC1CN(CC(=O)NCCC#N)CCC1O. The molecule has 2 N–H and O–H groups in total. The van der Waals surface area contributed by atoms with Crippen LogP contribution in [-0.4, -0.2) is 48.2 Å². The van der Waals surface area contributed by atoms with E-state index in [0.29, 0.717) is 19.5 Å². The van der Waals surface area contributed by atoms with Crippen molar-refractivity contribution in [2.45, 2.75) is 32.3 Å². The van der Waals surface area contributed by atoms with Crippen molar-refractivity contribution in [2.24, 2.45) is 5.92 Å². The molecule has 0 bridgehead atoms. The van der Waals surface area contributed by atoms with Crippen LogP contribution in [0.3, 0.4) is 0 Å². The number of nitriles is 1. The first kappa shape index (κ1) is 13.9. The summed E-state index contributed by atoms with van der Waals surface area (Å²) in [5, 5.41) is 20.8. The predicted octanol–water partition coefficient (Wildman–Crippen LogP) is 0.109. The lowest BCUT2D eigenvalue weighted by Crippen LogP contribution is -2.47. The van der Waals surface area contributed by atoms with Crippen LogP contribution in [-0.2, 0) is 4.79 Å². The van der Waals surface area contributed by atoms with Crippen molar-refractivity contribution in [3.05, 3.63) is 0 Å². The fourth-order valence-corrected chi connectivity index (χ4v) is 2.16. The molecule has 0 aliphatic carbocycles. The predicted molar refractivity (Wildman–Crippen MR) is 64.1 cm³/mol. The molecule has 1 saturated heterocycles. The number of hydrogen-bond donors (Lipinski definition) is 2. The van der Waals surface area contributed by atoms with E-state index < -0.39 is 0 Å². The Labute approximate surface area is 102 Å². The number of carbonyl (C=O) groups is 1. The number of piperidine rings is 1. The first-order valence-electron chi connectivity index (χ1n) is 6.21. The minimum atomic E-state index is -0.224. The maximum absolute atomic E-state index is 11.5. The molecule has 0 aromatic rings. The van der Waals surface area contributed by atoms with Crippen molar-refractivity contribution in [2.75, 3.05) is 26.2 Å². The Morgan fingerprint density at radius 2 is 2.41 bits per heavy atom. The molecule has 0 aromatic carbocycles. The number of rotatable bonds is 5. The highest BCUT2D eigenvalue weighted by molar-refractivity contribution is 5.78. The fraction of sp³-hybridized carbons (Fsp3) is 0.833. The second-order valence-electron chi connectivity index (χ2n) is 4.52. The Hall–Kier alpha value is -1.12. The van der Waals surface area contributed by atoms with E-state index in [9.17, 15) is 9.90 Å². The molecule has 0 spiro atoms. The molecule has 1 heterocycles. The average Bonchev–Trinajstić information content (AvgIpc) is 2.32. The van der Waals surface area contributed by atoms with Gasteiger partial charge in [-0.2, -0.15) is 5.26 Å². The molecule has 0 aromatic heterocycles. The van der Waals surface area contributed by atoms with Gasteiger partial charge in [0.2, 0.25) is 5.91 Å². The standard InChI is InChI=1S/C12H21N3O2/c1-2-10-8-15(7-4-11(10)16)9-12(17)14-6-3-5-13/h10-11,16H,2-4,6-9H2,1H3,(H,14,17). The number of aliphatic hydroxyl groups is 1. The van der Waals surface area contributed by atoms with Crippen LogP contribution in [0.5, 0.6) is 0 Å². The van der Waals surface area contributed by atoms with E-state index in [-0.39, 0.29) is 17.9 Å². The van der Waals surface area contributed by atoms with Crippen molar-refractivity contribution in [3.63, 3.8) is 0 Å². The summed E-state index contributed by atoms with van der Waals surface area (Å²) in [6, 6.07) is 1.99. The number of amides is 1.